The highest BCUT2D eigenvalue weighted by atomic mass is 32.1. The molecule has 174 valence electrons. The van der Waals surface area contributed by atoms with Gasteiger partial charge in [0.2, 0.25) is 0 Å². The van der Waals surface area contributed by atoms with E-state index in [0.717, 1.165) is 37.7 Å². The standard InChI is InChI=1S/C24H23F2N7S/c1-3-18-23(33-14-19(17(26)12-21(33)29-18)32-10-8-28-9-11-32)31(2)24-30-22(20(13-27)34-24)15-4-6-16(25)7-5-15/h4-7,12,14,28H,3,8-11H2,1-2H3. The Morgan fingerprint density at radius 2 is 1.91 bits per heavy atom. The maximum Gasteiger partial charge on any atom is 0.192 e. The third-order valence-electron chi connectivity index (χ3n) is 5.97. The molecule has 3 aromatic heterocycles. The molecule has 1 fully saturated rings. The second kappa shape index (κ2) is 9.00. The van der Waals surface area contributed by atoms with E-state index >= 15 is 0 Å². The van der Waals surface area contributed by atoms with Crippen LogP contribution in [-0.4, -0.2) is 47.6 Å². The van der Waals surface area contributed by atoms with E-state index in [1.807, 2.05) is 28.2 Å². The van der Waals surface area contributed by atoms with Crippen LogP contribution in [0.25, 0.3) is 16.9 Å². The summed E-state index contributed by atoms with van der Waals surface area (Å²) in [6.07, 6.45) is 2.45. The number of benzene rings is 1. The van der Waals surface area contributed by atoms with Crippen molar-refractivity contribution in [1.29, 1.82) is 5.26 Å². The molecular formula is C24H23F2N7S. The highest BCUT2D eigenvalue weighted by Gasteiger charge is 2.24. The van der Waals surface area contributed by atoms with Gasteiger partial charge in [0.1, 0.15) is 33.9 Å². The maximum absolute atomic E-state index is 15.0. The van der Waals surface area contributed by atoms with Crippen molar-refractivity contribution in [3.05, 3.63) is 58.7 Å². The summed E-state index contributed by atoms with van der Waals surface area (Å²) in [5, 5.41) is 13.6. The number of thiazole rings is 1. The molecule has 7 nitrogen and oxygen atoms in total. The fourth-order valence-corrected chi connectivity index (χ4v) is 5.09. The van der Waals surface area contributed by atoms with Crippen molar-refractivity contribution in [3.63, 3.8) is 0 Å². The van der Waals surface area contributed by atoms with Crippen LogP contribution in [0.1, 0.15) is 17.5 Å². The summed E-state index contributed by atoms with van der Waals surface area (Å²) < 4.78 is 30.3. The maximum atomic E-state index is 15.0. The fraction of sp³-hybridized carbons (Fsp3) is 0.292. The molecule has 1 aromatic carbocycles. The molecule has 0 bridgehead atoms. The van der Waals surface area contributed by atoms with E-state index in [4.69, 9.17) is 4.98 Å². The van der Waals surface area contributed by atoms with Gasteiger partial charge in [0, 0.05) is 51.1 Å². The minimum atomic E-state index is -0.347. The molecule has 1 aliphatic heterocycles. The second-order valence-corrected chi connectivity index (χ2v) is 9.04. The first-order valence-electron chi connectivity index (χ1n) is 11.1. The zero-order valence-electron chi connectivity index (χ0n) is 18.8. The molecule has 4 aromatic rings. The molecular weight excluding hydrogens is 456 g/mol. The van der Waals surface area contributed by atoms with Crippen molar-refractivity contribution < 1.29 is 8.78 Å². The fourth-order valence-electron chi connectivity index (χ4n) is 4.24. The Bertz CT molecular complexity index is 1380. The average molecular weight is 480 g/mol. The summed E-state index contributed by atoms with van der Waals surface area (Å²) in [4.78, 5) is 13.7. The van der Waals surface area contributed by atoms with Crippen molar-refractivity contribution >= 4 is 33.6 Å². The molecule has 1 N–H and O–H groups in total. The van der Waals surface area contributed by atoms with Gasteiger partial charge >= 0.3 is 0 Å². The molecule has 10 heteroatoms. The van der Waals surface area contributed by atoms with Gasteiger partial charge in [-0.1, -0.05) is 18.3 Å². The van der Waals surface area contributed by atoms with Crippen LogP contribution in [-0.2, 0) is 6.42 Å². The van der Waals surface area contributed by atoms with E-state index in [2.05, 4.69) is 16.4 Å². The van der Waals surface area contributed by atoms with Crippen LogP contribution in [0.2, 0.25) is 0 Å². The lowest BCUT2D eigenvalue weighted by Gasteiger charge is -2.30. The van der Waals surface area contributed by atoms with Gasteiger partial charge in [-0.05, 0) is 30.7 Å². The smallest absolute Gasteiger partial charge is 0.192 e. The Morgan fingerprint density at radius 3 is 2.59 bits per heavy atom. The van der Waals surface area contributed by atoms with E-state index in [-0.39, 0.29) is 11.6 Å². The lowest BCUT2D eigenvalue weighted by molar-refractivity contribution is 0.565. The summed E-state index contributed by atoms with van der Waals surface area (Å²) in [7, 11) is 1.87. The van der Waals surface area contributed by atoms with Crippen molar-refractivity contribution in [2.24, 2.45) is 0 Å². The van der Waals surface area contributed by atoms with Crippen LogP contribution in [0, 0.1) is 23.0 Å². The average Bonchev–Trinajstić information content (AvgIpc) is 3.45. The number of fused-ring (bicyclic) bond motifs is 1. The topological polar surface area (TPSA) is 72.5 Å². The molecule has 1 aliphatic rings. The highest BCUT2D eigenvalue weighted by molar-refractivity contribution is 7.16. The van der Waals surface area contributed by atoms with Crippen LogP contribution < -0.4 is 15.1 Å². The zero-order chi connectivity index (χ0) is 23.8. The Labute approximate surface area is 199 Å². The predicted molar refractivity (Wildman–Crippen MR) is 130 cm³/mol. The Balaban J connectivity index is 1.61. The number of nitrogens with zero attached hydrogens (tertiary/aromatic N) is 6. The van der Waals surface area contributed by atoms with Crippen LogP contribution in [0.3, 0.4) is 0 Å². The van der Waals surface area contributed by atoms with Crippen molar-refractivity contribution in [1.82, 2.24) is 19.7 Å². The number of aryl methyl sites for hydroxylation is 1. The highest BCUT2D eigenvalue weighted by Crippen LogP contribution is 2.37. The largest absolute Gasteiger partial charge is 0.365 e. The van der Waals surface area contributed by atoms with Crippen LogP contribution in [0.5, 0.6) is 0 Å². The molecule has 0 radical (unpaired) electrons. The van der Waals surface area contributed by atoms with Gasteiger partial charge in [-0.25, -0.2) is 18.7 Å². The monoisotopic (exact) mass is 479 g/mol. The van der Waals surface area contributed by atoms with Crippen molar-refractivity contribution in [2.45, 2.75) is 13.3 Å². The third kappa shape index (κ3) is 3.87. The molecule has 0 aliphatic carbocycles. The Kier molecular flexibility index (Phi) is 5.89. The van der Waals surface area contributed by atoms with Gasteiger partial charge in [-0.15, -0.1) is 0 Å². The van der Waals surface area contributed by atoms with E-state index in [0.29, 0.717) is 39.0 Å². The number of aromatic nitrogens is 3. The molecule has 34 heavy (non-hydrogen) atoms. The number of anilines is 3. The van der Waals surface area contributed by atoms with E-state index in [9.17, 15) is 14.0 Å². The summed E-state index contributed by atoms with van der Waals surface area (Å²) >= 11 is 1.25. The van der Waals surface area contributed by atoms with E-state index in [1.165, 1.54) is 29.5 Å². The predicted octanol–water partition coefficient (Wildman–Crippen LogP) is 4.35. The molecule has 4 heterocycles. The Morgan fingerprint density at radius 1 is 1.18 bits per heavy atom. The first-order valence-corrected chi connectivity index (χ1v) is 11.9. The lowest BCUT2D eigenvalue weighted by Crippen LogP contribution is -2.44. The first-order chi connectivity index (χ1) is 16.5. The van der Waals surface area contributed by atoms with E-state index < -0.39 is 0 Å². The van der Waals surface area contributed by atoms with Gasteiger partial charge in [-0.2, -0.15) is 5.26 Å². The third-order valence-corrected chi connectivity index (χ3v) is 7.00. The quantitative estimate of drug-likeness (QED) is 0.459. The van der Waals surface area contributed by atoms with Crippen LogP contribution >= 0.6 is 11.3 Å². The molecule has 5 rings (SSSR count). The zero-order valence-corrected chi connectivity index (χ0v) is 19.7. The minimum absolute atomic E-state index is 0.295. The number of hydrogen-bond acceptors (Lipinski definition) is 7. The second-order valence-electron chi connectivity index (χ2n) is 8.06. The summed E-state index contributed by atoms with van der Waals surface area (Å²) in [5.41, 5.74) is 3.04. The van der Waals surface area contributed by atoms with Gasteiger partial charge < -0.3 is 15.1 Å². The molecule has 0 spiro atoms. The normalized spacial score (nSPS) is 13.9. The molecule has 0 amide bonds. The van der Waals surface area contributed by atoms with Gasteiger partial charge in [0.05, 0.1) is 11.4 Å². The van der Waals surface area contributed by atoms with Crippen LogP contribution in [0.4, 0.5) is 25.4 Å². The number of rotatable bonds is 5. The summed E-state index contributed by atoms with van der Waals surface area (Å²) in [6.45, 7) is 5.05. The number of nitriles is 1. The summed E-state index contributed by atoms with van der Waals surface area (Å²) in [5.74, 6) is 0.134. The number of piperazine rings is 1. The van der Waals surface area contributed by atoms with Gasteiger partial charge in [0.15, 0.2) is 10.9 Å². The van der Waals surface area contributed by atoms with Gasteiger partial charge in [0.25, 0.3) is 0 Å². The number of pyridine rings is 1. The first kappa shape index (κ1) is 22.3. The summed E-state index contributed by atoms with van der Waals surface area (Å²) in [6, 6.07) is 9.61. The lowest BCUT2D eigenvalue weighted by atomic mass is 10.1. The molecule has 0 atom stereocenters. The number of halogens is 2. The molecule has 0 unspecified atom stereocenters. The van der Waals surface area contributed by atoms with Crippen molar-refractivity contribution in [3.8, 4) is 17.3 Å². The SMILES string of the molecule is CCc1nc2cc(F)c(N3CCNCC3)cn2c1N(C)c1nc(-c2ccc(F)cc2)c(C#N)s1. The van der Waals surface area contributed by atoms with E-state index in [1.54, 1.807) is 18.3 Å². The number of hydrogen-bond donors (Lipinski definition) is 1. The van der Waals surface area contributed by atoms with Crippen molar-refractivity contribution in [2.75, 3.05) is 43.0 Å². The number of nitrogens with one attached hydrogen (secondary N) is 1. The van der Waals surface area contributed by atoms with Crippen LogP contribution in [0.15, 0.2) is 36.5 Å². The molecule has 1 saturated heterocycles. The van der Waals surface area contributed by atoms with Gasteiger partial charge in [-0.3, -0.25) is 4.40 Å². The molecule has 0 saturated carbocycles. The minimum Gasteiger partial charge on any atom is -0.365 e. The number of imidazole rings is 1. The Hall–Kier alpha value is -3.55.